The molecule has 4 rings (SSSR count). The van der Waals surface area contributed by atoms with E-state index in [4.69, 9.17) is 27.9 Å². The van der Waals surface area contributed by atoms with Crippen LogP contribution >= 0.6 is 23.2 Å². The van der Waals surface area contributed by atoms with Gasteiger partial charge in [-0.1, -0.05) is 35.7 Å². The Balaban J connectivity index is 1.67. The predicted octanol–water partition coefficient (Wildman–Crippen LogP) is 5.54. The van der Waals surface area contributed by atoms with E-state index in [0.29, 0.717) is 28.3 Å². The number of rotatable bonds is 4. The van der Waals surface area contributed by atoms with Crippen molar-refractivity contribution >= 4 is 34.9 Å². The SMILES string of the molecule is CCOC(=O)c1ccc(N2CC3CCCCN3C2c2ccc(Cl)c(Cl)c2)cc1. The predicted molar refractivity (Wildman–Crippen MR) is 113 cm³/mol. The van der Waals surface area contributed by atoms with Crippen molar-refractivity contribution in [3.8, 4) is 0 Å². The van der Waals surface area contributed by atoms with Crippen molar-refractivity contribution in [1.29, 1.82) is 0 Å². The van der Waals surface area contributed by atoms with Gasteiger partial charge >= 0.3 is 5.97 Å². The van der Waals surface area contributed by atoms with Gasteiger partial charge in [0.1, 0.15) is 6.17 Å². The molecule has 0 bridgehead atoms. The Hall–Kier alpha value is -1.75. The van der Waals surface area contributed by atoms with Gasteiger partial charge < -0.3 is 9.64 Å². The molecular formula is C22H24Cl2N2O2. The molecule has 4 nitrogen and oxygen atoms in total. The Kier molecular flexibility index (Phi) is 5.81. The fourth-order valence-electron chi connectivity index (χ4n) is 4.34. The number of carbonyl (C=O) groups excluding carboxylic acids is 1. The smallest absolute Gasteiger partial charge is 0.338 e. The van der Waals surface area contributed by atoms with Crippen LogP contribution in [0.5, 0.6) is 0 Å². The van der Waals surface area contributed by atoms with Crippen LogP contribution in [0.25, 0.3) is 0 Å². The van der Waals surface area contributed by atoms with Crippen molar-refractivity contribution in [3.05, 3.63) is 63.6 Å². The van der Waals surface area contributed by atoms with Crippen molar-refractivity contribution in [2.75, 3.05) is 24.6 Å². The molecule has 2 aliphatic heterocycles. The largest absolute Gasteiger partial charge is 0.462 e. The van der Waals surface area contributed by atoms with E-state index >= 15 is 0 Å². The highest BCUT2D eigenvalue weighted by Gasteiger charge is 2.41. The van der Waals surface area contributed by atoms with E-state index < -0.39 is 0 Å². The second-order valence-electron chi connectivity index (χ2n) is 7.35. The summed E-state index contributed by atoms with van der Waals surface area (Å²) in [4.78, 5) is 16.9. The Morgan fingerprint density at radius 2 is 1.89 bits per heavy atom. The fourth-order valence-corrected chi connectivity index (χ4v) is 4.65. The van der Waals surface area contributed by atoms with E-state index in [-0.39, 0.29) is 12.1 Å². The van der Waals surface area contributed by atoms with E-state index in [1.807, 2.05) is 43.3 Å². The molecule has 0 aliphatic carbocycles. The molecule has 0 aromatic heterocycles. The number of esters is 1. The Morgan fingerprint density at radius 1 is 1.11 bits per heavy atom. The number of nitrogens with zero attached hydrogens (tertiary/aromatic N) is 2. The molecule has 2 saturated heterocycles. The summed E-state index contributed by atoms with van der Waals surface area (Å²) in [7, 11) is 0. The van der Waals surface area contributed by atoms with E-state index in [0.717, 1.165) is 24.3 Å². The maximum Gasteiger partial charge on any atom is 0.338 e. The first-order valence-electron chi connectivity index (χ1n) is 9.83. The number of ether oxygens (including phenoxy) is 1. The van der Waals surface area contributed by atoms with Gasteiger partial charge in [-0.15, -0.1) is 0 Å². The lowest BCUT2D eigenvalue weighted by Gasteiger charge is -2.35. The molecule has 28 heavy (non-hydrogen) atoms. The van der Waals surface area contributed by atoms with Crippen LogP contribution in [0.15, 0.2) is 42.5 Å². The van der Waals surface area contributed by atoms with Crippen molar-refractivity contribution < 1.29 is 9.53 Å². The minimum Gasteiger partial charge on any atom is -0.462 e. The molecule has 0 radical (unpaired) electrons. The van der Waals surface area contributed by atoms with E-state index in [1.165, 1.54) is 19.3 Å². The number of fused-ring (bicyclic) bond motifs is 1. The molecule has 2 unspecified atom stereocenters. The molecule has 6 heteroatoms. The monoisotopic (exact) mass is 418 g/mol. The van der Waals surface area contributed by atoms with Crippen molar-refractivity contribution in [2.24, 2.45) is 0 Å². The third-order valence-electron chi connectivity index (χ3n) is 5.64. The summed E-state index contributed by atoms with van der Waals surface area (Å²) in [5, 5.41) is 1.15. The average molecular weight is 419 g/mol. The molecule has 2 aromatic rings. The highest BCUT2D eigenvalue weighted by Crippen LogP contribution is 2.42. The van der Waals surface area contributed by atoms with E-state index in [2.05, 4.69) is 15.9 Å². The lowest BCUT2D eigenvalue weighted by atomic mass is 10.0. The molecule has 0 N–H and O–H groups in total. The number of anilines is 1. The van der Waals surface area contributed by atoms with Gasteiger partial charge in [-0.2, -0.15) is 0 Å². The summed E-state index contributed by atoms with van der Waals surface area (Å²) in [5.41, 5.74) is 2.82. The van der Waals surface area contributed by atoms with Crippen LogP contribution < -0.4 is 4.90 Å². The molecule has 0 spiro atoms. The van der Waals surface area contributed by atoms with Gasteiger partial charge in [0.05, 0.1) is 22.2 Å². The van der Waals surface area contributed by atoms with Crippen LogP contribution in [-0.4, -0.2) is 36.6 Å². The highest BCUT2D eigenvalue weighted by molar-refractivity contribution is 6.42. The van der Waals surface area contributed by atoms with Gasteiger partial charge in [0, 0.05) is 24.8 Å². The van der Waals surface area contributed by atoms with Gasteiger partial charge in [-0.3, -0.25) is 4.90 Å². The van der Waals surface area contributed by atoms with E-state index in [1.54, 1.807) is 0 Å². The first-order chi connectivity index (χ1) is 13.6. The first-order valence-corrected chi connectivity index (χ1v) is 10.6. The quantitative estimate of drug-likeness (QED) is 0.609. The lowest BCUT2D eigenvalue weighted by Crippen LogP contribution is -2.37. The topological polar surface area (TPSA) is 32.8 Å². The molecule has 2 atom stereocenters. The molecular weight excluding hydrogens is 395 g/mol. The van der Waals surface area contributed by atoms with E-state index in [9.17, 15) is 4.79 Å². The van der Waals surface area contributed by atoms with Crippen LogP contribution in [0.3, 0.4) is 0 Å². The number of benzene rings is 2. The van der Waals surface area contributed by atoms with Gasteiger partial charge in [-0.05, 0) is 61.7 Å². The Bertz CT molecular complexity index is 856. The summed E-state index contributed by atoms with van der Waals surface area (Å²) < 4.78 is 5.10. The Morgan fingerprint density at radius 3 is 2.61 bits per heavy atom. The Labute approximate surface area is 176 Å². The third kappa shape index (κ3) is 3.73. The lowest BCUT2D eigenvalue weighted by molar-refractivity contribution is 0.0526. The number of carbonyl (C=O) groups is 1. The average Bonchev–Trinajstić information content (AvgIpc) is 3.10. The summed E-state index contributed by atoms with van der Waals surface area (Å²) in [6, 6.07) is 14.1. The third-order valence-corrected chi connectivity index (χ3v) is 6.38. The minimum absolute atomic E-state index is 0.119. The normalized spacial score (nSPS) is 22.2. The van der Waals surface area contributed by atoms with Gasteiger partial charge in [0.15, 0.2) is 0 Å². The second-order valence-corrected chi connectivity index (χ2v) is 8.17. The molecule has 2 aromatic carbocycles. The molecule has 2 fully saturated rings. The fraction of sp³-hybridized carbons (Fsp3) is 0.409. The maximum absolute atomic E-state index is 12.0. The molecule has 0 saturated carbocycles. The van der Waals surface area contributed by atoms with Crippen LogP contribution in [-0.2, 0) is 4.74 Å². The van der Waals surface area contributed by atoms with Crippen molar-refractivity contribution in [3.63, 3.8) is 0 Å². The number of hydrogen-bond acceptors (Lipinski definition) is 4. The summed E-state index contributed by atoms with van der Waals surface area (Å²) in [5.74, 6) is -0.283. The summed E-state index contributed by atoms with van der Waals surface area (Å²) in [6.07, 6.45) is 3.80. The van der Waals surface area contributed by atoms with Crippen LogP contribution in [0.1, 0.15) is 48.3 Å². The van der Waals surface area contributed by atoms with Crippen molar-refractivity contribution in [2.45, 2.75) is 38.4 Å². The van der Waals surface area contributed by atoms with Crippen LogP contribution in [0.4, 0.5) is 5.69 Å². The summed E-state index contributed by atoms with van der Waals surface area (Å²) >= 11 is 12.5. The highest BCUT2D eigenvalue weighted by atomic mass is 35.5. The second kappa shape index (κ2) is 8.32. The molecule has 2 heterocycles. The first kappa shape index (κ1) is 19.6. The molecule has 148 valence electrons. The van der Waals surface area contributed by atoms with Crippen molar-refractivity contribution in [1.82, 2.24) is 4.90 Å². The molecule has 0 amide bonds. The van der Waals surface area contributed by atoms with Gasteiger partial charge in [0.2, 0.25) is 0 Å². The number of piperidine rings is 1. The zero-order valence-electron chi connectivity index (χ0n) is 15.9. The standard InChI is InChI=1S/C22H24Cl2N2O2/c1-2-28-22(27)15-6-9-17(10-7-15)26-14-18-5-3-4-12-25(18)21(26)16-8-11-19(23)20(24)13-16/h6-11,13,18,21H,2-5,12,14H2,1H3. The van der Waals surface area contributed by atoms with Crippen LogP contribution in [0, 0.1) is 0 Å². The number of halogens is 2. The zero-order chi connectivity index (χ0) is 19.7. The molecule has 2 aliphatic rings. The van der Waals surface area contributed by atoms with Gasteiger partial charge in [0.25, 0.3) is 0 Å². The van der Waals surface area contributed by atoms with Crippen LogP contribution in [0.2, 0.25) is 10.0 Å². The minimum atomic E-state index is -0.283. The zero-order valence-corrected chi connectivity index (χ0v) is 17.4. The van der Waals surface area contributed by atoms with Gasteiger partial charge in [-0.25, -0.2) is 4.79 Å². The summed E-state index contributed by atoms with van der Waals surface area (Å²) in [6.45, 7) is 4.23. The maximum atomic E-state index is 12.0. The number of hydrogen-bond donors (Lipinski definition) is 0.